The summed E-state index contributed by atoms with van der Waals surface area (Å²) >= 11 is 12.5. The van der Waals surface area contributed by atoms with Gasteiger partial charge in [0.25, 0.3) is 0 Å². The van der Waals surface area contributed by atoms with Gasteiger partial charge in [-0.15, -0.1) is 0 Å². The van der Waals surface area contributed by atoms with Crippen LogP contribution < -0.4 is 9.47 Å². The molecule has 2 aromatic carbocycles. The van der Waals surface area contributed by atoms with Crippen LogP contribution in [-0.2, 0) is 13.0 Å². The lowest BCUT2D eigenvalue weighted by Crippen LogP contribution is -2.13. The van der Waals surface area contributed by atoms with E-state index >= 15 is 0 Å². The Morgan fingerprint density at radius 1 is 1.00 bits per heavy atom. The quantitative estimate of drug-likeness (QED) is 0.649. The van der Waals surface area contributed by atoms with Gasteiger partial charge in [0.1, 0.15) is 6.61 Å². The number of halogens is 2. The van der Waals surface area contributed by atoms with Gasteiger partial charge in [0, 0.05) is 15.6 Å². The molecule has 5 heteroatoms. The number of methoxy groups -OCH3 is 1. The number of ether oxygens (including phenoxy) is 2. The van der Waals surface area contributed by atoms with Gasteiger partial charge in [0.05, 0.1) is 7.11 Å². The average molecular weight is 368 g/mol. The van der Waals surface area contributed by atoms with Gasteiger partial charge in [-0.05, 0) is 57.2 Å². The summed E-state index contributed by atoms with van der Waals surface area (Å²) in [6, 6.07) is 11.4. The van der Waals surface area contributed by atoms with Crippen LogP contribution in [0.4, 0.5) is 0 Å². The molecule has 0 radical (unpaired) electrons. The Labute approximate surface area is 154 Å². The van der Waals surface area contributed by atoms with Crippen molar-refractivity contribution in [2.75, 3.05) is 27.7 Å². The molecule has 0 saturated heterocycles. The van der Waals surface area contributed by atoms with E-state index < -0.39 is 0 Å². The van der Waals surface area contributed by atoms with Gasteiger partial charge in [-0.3, -0.25) is 0 Å². The smallest absolute Gasteiger partial charge is 0.164 e. The summed E-state index contributed by atoms with van der Waals surface area (Å²) in [6.45, 7) is 1.33. The summed E-state index contributed by atoms with van der Waals surface area (Å²) in [5, 5.41) is 1.21. The SMILES string of the molecule is COc1cccc(CCCN(C)C)c1OCc1c(Cl)cccc1Cl. The van der Waals surface area contributed by atoms with Crippen molar-refractivity contribution in [1.82, 2.24) is 4.90 Å². The van der Waals surface area contributed by atoms with Crippen LogP contribution >= 0.6 is 23.2 Å². The molecule has 0 fully saturated rings. The summed E-state index contributed by atoms with van der Waals surface area (Å²) in [4.78, 5) is 2.17. The third-order valence-corrected chi connectivity index (χ3v) is 4.46. The molecule has 3 nitrogen and oxygen atoms in total. The van der Waals surface area contributed by atoms with E-state index in [1.54, 1.807) is 7.11 Å². The van der Waals surface area contributed by atoms with Gasteiger partial charge in [0.15, 0.2) is 11.5 Å². The van der Waals surface area contributed by atoms with Crippen LogP contribution in [0.15, 0.2) is 36.4 Å². The van der Waals surface area contributed by atoms with Crippen molar-refractivity contribution in [3.8, 4) is 11.5 Å². The first kappa shape index (κ1) is 18.9. The molecule has 0 N–H and O–H groups in total. The van der Waals surface area contributed by atoms with Crippen LogP contribution in [0.2, 0.25) is 10.0 Å². The topological polar surface area (TPSA) is 21.7 Å². The number of hydrogen-bond acceptors (Lipinski definition) is 3. The van der Waals surface area contributed by atoms with Gasteiger partial charge in [-0.25, -0.2) is 0 Å². The maximum absolute atomic E-state index is 6.23. The highest BCUT2D eigenvalue weighted by molar-refractivity contribution is 6.35. The van der Waals surface area contributed by atoms with Crippen LogP contribution in [0, 0.1) is 0 Å². The Balaban J connectivity index is 2.18. The van der Waals surface area contributed by atoms with Crippen LogP contribution in [-0.4, -0.2) is 32.6 Å². The Morgan fingerprint density at radius 2 is 1.67 bits per heavy atom. The van der Waals surface area contributed by atoms with Crippen LogP contribution in [0.1, 0.15) is 17.5 Å². The molecule has 0 atom stereocenters. The van der Waals surface area contributed by atoms with Crippen LogP contribution in [0.5, 0.6) is 11.5 Å². The van der Waals surface area contributed by atoms with E-state index in [1.165, 1.54) is 0 Å². The van der Waals surface area contributed by atoms with Crippen molar-refractivity contribution < 1.29 is 9.47 Å². The molecule has 0 amide bonds. The molecule has 2 aromatic rings. The molecule has 0 bridgehead atoms. The molecule has 0 aromatic heterocycles. The number of nitrogens with zero attached hydrogens (tertiary/aromatic N) is 1. The number of hydrogen-bond donors (Lipinski definition) is 0. The number of rotatable bonds is 8. The molecule has 0 unspecified atom stereocenters. The third-order valence-electron chi connectivity index (χ3n) is 3.75. The van der Waals surface area contributed by atoms with E-state index in [-0.39, 0.29) is 0 Å². The monoisotopic (exact) mass is 367 g/mol. The number of para-hydroxylation sites is 1. The third kappa shape index (κ3) is 5.04. The number of aryl methyl sites for hydroxylation is 1. The van der Waals surface area contributed by atoms with Crippen molar-refractivity contribution in [3.05, 3.63) is 57.6 Å². The van der Waals surface area contributed by atoms with Gasteiger partial charge in [-0.2, -0.15) is 0 Å². The standard InChI is InChI=1S/C19H23Cl2NO2/c1-22(2)12-6-8-14-7-4-11-18(23-3)19(14)24-13-15-16(20)9-5-10-17(15)21/h4-5,7,9-11H,6,8,12-13H2,1-3H3. The molecule has 24 heavy (non-hydrogen) atoms. The molecule has 2 rings (SSSR count). The zero-order valence-corrected chi connectivity index (χ0v) is 15.8. The van der Waals surface area contributed by atoms with E-state index in [1.807, 2.05) is 30.3 Å². The largest absolute Gasteiger partial charge is 0.493 e. The summed E-state index contributed by atoms with van der Waals surface area (Å²) in [7, 11) is 5.79. The highest BCUT2D eigenvalue weighted by atomic mass is 35.5. The minimum absolute atomic E-state index is 0.305. The first-order chi connectivity index (χ1) is 11.5. The summed E-state index contributed by atoms with van der Waals surface area (Å²) < 4.78 is 11.5. The van der Waals surface area contributed by atoms with Gasteiger partial charge >= 0.3 is 0 Å². The fraction of sp³-hybridized carbons (Fsp3) is 0.368. The Kier molecular flexibility index (Phi) is 7.22. The first-order valence-electron chi connectivity index (χ1n) is 7.89. The molecule has 130 valence electrons. The zero-order chi connectivity index (χ0) is 17.5. The molecule has 0 aliphatic carbocycles. The molecular weight excluding hydrogens is 345 g/mol. The second kappa shape index (κ2) is 9.16. The maximum Gasteiger partial charge on any atom is 0.164 e. The summed E-state index contributed by atoms with van der Waals surface area (Å²) in [5.41, 5.74) is 1.91. The van der Waals surface area contributed by atoms with Gasteiger partial charge in [0.2, 0.25) is 0 Å². The highest BCUT2D eigenvalue weighted by Crippen LogP contribution is 2.34. The van der Waals surface area contributed by atoms with E-state index in [9.17, 15) is 0 Å². The second-order valence-electron chi connectivity index (χ2n) is 5.84. The lowest BCUT2D eigenvalue weighted by atomic mass is 10.1. The van der Waals surface area contributed by atoms with Crippen LogP contribution in [0.3, 0.4) is 0 Å². The first-order valence-corrected chi connectivity index (χ1v) is 8.64. The molecular formula is C19H23Cl2NO2. The van der Waals surface area contributed by atoms with Gasteiger partial charge in [-0.1, -0.05) is 41.4 Å². The highest BCUT2D eigenvalue weighted by Gasteiger charge is 2.13. The van der Waals surface area contributed by atoms with E-state index in [4.69, 9.17) is 32.7 Å². The van der Waals surface area contributed by atoms with Crippen molar-refractivity contribution in [1.29, 1.82) is 0 Å². The van der Waals surface area contributed by atoms with Crippen molar-refractivity contribution in [3.63, 3.8) is 0 Å². The molecule has 0 heterocycles. The predicted molar refractivity (Wildman–Crippen MR) is 101 cm³/mol. The molecule has 0 aliphatic heterocycles. The Morgan fingerprint density at radius 3 is 2.29 bits per heavy atom. The van der Waals surface area contributed by atoms with Gasteiger partial charge < -0.3 is 14.4 Å². The minimum Gasteiger partial charge on any atom is -0.493 e. The van der Waals surface area contributed by atoms with Crippen molar-refractivity contribution in [2.45, 2.75) is 19.4 Å². The minimum atomic E-state index is 0.305. The lowest BCUT2D eigenvalue weighted by molar-refractivity contribution is 0.280. The lowest BCUT2D eigenvalue weighted by Gasteiger charge is -2.17. The average Bonchev–Trinajstić information content (AvgIpc) is 2.54. The Bertz CT molecular complexity index is 654. The Hall–Kier alpha value is -1.42. The van der Waals surface area contributed by atoms with Crippen molar-refractivity contribution in [2.24, 2.45) is 0 Å². The molecule has 0 saturated carbocycles. The fourth-order valence-corrected chi connectivity index (χ4v) is 2.99. The summed E-state index contributed by atoms with van der Waals surface area (Å²) in [6.07, 6.45) is 1.96. The van der Waals surface area contributed by atoms with Crippen molar-refractivity contribution >= 4 is 23.2 Å². The van der Waals surface area contributed by atoms with E-state index in [2.05, 4.69) is 25.1 Å². The summed E-state index contributed by atoms with van der Waals surface area (Å²) in [5.74, 6) is 1.48. The maximum atomic E-state index is 6.23. The van der Waals surface area contributed by atoms with E-state index in [0.29, 0.717) is 16.7 Å². The second-order valence-corrected chi connectivity index (χ2v) is 6.66. The zero-order valence-electron chi connectivity index (χ0n) is 14.3. The predicted octanol–water partition coefficient (Wildman–Crippen LogP) is 5.08. The fourth-order valence-electron chi connectivity index (χ4n) is 2.48. The van der Waals surface area contributed by atoms with E-state index in [0.717, 1.165) is 42.0 Å². The normalized spacial score (nSPS) is 10.9. The molecule has 0 aliphatic rings. The van der Waals surface area contributed by atoms with Crippen LogP contribution in [0.25, 0.3) is 0 Å². The molecule has 0 spiro atoms. The number of benzene rings is 2.